The summed E-state index contributed by atoms with van der Waals surface area (Å²) in [7, 11) is 1.67. The summed E-state index contributed by atoms with van der Waals surface area (Å²) in [6.45, 7) is 3.68. The van der Waals surface area contributed by atoms with Gasteiger partial charge in [0, 0.05) is 26.3 Å². The number of aliphatic hydroxyl groups is 1. The summed E-state index contributed by atoms with van der Waals surface area (Å²) in [5, 5.41) is 12.0. The topological polar surface area (TPSA) is 41.5 Å². The van der Waals surface area contributed by atoms with Crippen LogP contribution in [0.25, 0.3) is 0 Å². The number of aliphatic hydroxyl groups excluding tert-OH is 1. The average Bonchev–Trinajstić information content (AvgIpc) is 2.06. The molecule has 0 aromatic carbocycles. The highest BCUT2D eigenvalue weighted by molar-refractivity contribution is 4.81. The number of allylic oxidation sites excluding steroid dienone is 1. The predicted molar refractivity (Wildman–Crippen MR) is 50.2 cm³/mol. The molecule has 0 aromatic heterocycles. The lowest BCUT2D eigenvalue weighted by Crippen LogP contribution is -2.34. The molecule has 12 heavy (non-hydrogen) atoms. The van der Waals surface area contributed by atoms with Gasteiger partial charge in [0.25, 0.3) is 0 Å². The fourth-order valence-corrected chi connectivity index (χ4v) is 0.954. The fourth-order valence-electron chi connectivity index (χ4n) is 0.954. The van der Waals surface area contributed by atoms with Gasteiger partial charge in [0.2, 0.25) is 0 Å². The van der Waals surface area contributed by atoms with Gasteiger partial charge >= 0.3 is 0 Å². The number of hydrogen-bond donors (Lipinski definition) is 2. The van der Waals surface area contributed by atoms with Crippen LogP contribution in [0.2, 0.25) is 0 Å². The van der Waals surface area contributed by atoms with Gasteiger partial charge in [-0.25, -0.2) is 0 Å². The number of nitrogens with one attached hydrogen (secondary N) is 1. The lowest BCUT2D eigenvalue weighted by atomic mass is 10.2. The van der Waals surface area contributed by atoms with Crippen molar-refractivity contribution in [3.05, 3.63) is 12.2 Å². The Labute approximate surface area is 74.4 Å². The zero-order valence-corrected chi connectivity index (χ0v) is 7.92. The van der Waals surface area contributed by atoms with Crippen LogP contribution in [0.3, 0.4) is 0 Å². The Balaban J connectivity index is 3.47. The summed E-state index contributed by atoms with van der Waals surface area (Å²) < 4.78 is 4.99. The molecule has 0 amide bonds. The quantitative estimate of drug-likeness (QED) is 0.552. The van der Waals surface area contributed by atoms with E-state index in [4.69, 9.17) is 9.84 Å². The molecule has 0 aliphatic heterocycles. The summed E-state index contributed by atoms with van der Waals surface area (Å²) in [4.78, 5) is 0. The molecular formula is C9H19NO2. The van der Waals surface area contributed by atoms with E-state index in [0.717, 1.165) is 13.0 Å². The Morgan fingerprint density at radius 3 is 2.83 bits per heavy atom. The minimum absolute atomic E-state index is 0.205. The molecule has 0 saturated carbocycles. The second kappa shape index (κ2) is 8.71. The number of rotatable bonds is 7. The lowest BCUT2D eigenvalue weighted by Gasteiger charge is -2.15. The van der Waals surface area contributed by atoms with Crippen LogP contribution in [0.4, 0.5) is 0 Å². The van der Waals surface area contributed by atoms with Gasteiger partial charge in [-0.1, -0.05) is 12.2 Å². The highest BCUT2D eigenvalue weighted by Gasteiger charge is 2.04. The highest BCUT2D eigenvalue weighted by Crippen LogP contribution is 1.91. The molecule has 72 valence electrons. The maximum Gasteiger partial charge on any atom is 0.0616 e. The molecule has 1 unspecified atom stereocenters. The van der Waals surface area contributed by atoms with Crippen LogP contribution in [0.15, 0.2) is 12.2 Å². The number of ether oxygens (including phenoxy) is 1. The largest absolute Gasteiger partial charge is 0.396 e. The first kappa shape index (κ1) is 11.6. The Morgan fingerprint density at radius 2 is 2.33 bits per heavy atom. The lowest BCUT2D eigenvalue weighted by molar-refractivity contribution is 0.150. The van der Waals surface area contributed by atoms with Crippen molar-refractivity contribution in [2.24, 2.45) is 0 Å². The fraction of sp³-hybridized carbons (Fsp3) is 0.778. The summed E-state index contributed by atoms with van der Waals surface area (Å²) in [6.07, 6.45) is 4.78. The van der Waals surface area contributed by atoms with Crippen LogP contribution in [0.5, 0.6) is 0 Å². The highest BCUT2D eigenvalue weighted by atomic mass is 16.5. The third kappa shape index (κ3) is 6.34. The van der Waals surface area contributed by atoms with Crippen LogP contribution in [0.1, 0.15) is 13.3 Å². The van der Waals surface area contributed by atoms with Crippen molar-refractivity contribution in [2.45, 2.75) is 19.4 Å². The minimum Gasteiger partial charge on any atom is -0.396 e. The zero-order chi connectivity index (χ0) is 9.23. The van der Waals surface area contributed by atoms with Gasteiger partial charge in [-0.3, -0.25) is 0 Å². The van der Waals surface area contributed by atoms with Gasteiger partial charge in [-0.2, -0.15) is 0 Å². The van der Waals surface area contributed by atoms with Crippen molar-refractivity contribution in [2.75, 3.05) is 26.9 Å². The average molecular weight is 173 g/mol. The van der Waals surface area contributed by atoms with Crippen LogP contribution >= 0.6 is 0 Å². The first-order valence-corrected chi connectivity index (χ1v) is 4.29. The summed E-state index contributed by atoms with van der Waals surface area (Å²) in [5.74, 6) is 0. The number of methoxy groups -OCH3 is 1. The van der Waals surface area contributed by atoms with E-state index in [0.29, 0.717) is 6.61 Å². The minimum atomic E-state index is 0.205. The SMILES string of the molecule is C/C=C/CNC(CCO)COC. The molecule has 0 heterocycles. The Kier molecular flexibility index (Phi) is 8.44. The molecule has 1 atom stereocenters. The normalized spacial score (nSPS) is 13.9. The molecule has 3 heteroatoms. The standard InChI is InChI=1S/C9H19NO2/c1-3-4-6-10-9(5-7-11)8-12-2/h3-4,9-11H,5-8H2,1-2H3/b4-3+. The van der Waals surface area contributed by atoms with Gasteiger partial charge in [0.1, 0.15) is 0 Å². The second-order valence-electron chi connectivity index (χ2n) is 2.64. The molecule has 2 N–H and O–H groups in total. The molecule has 3 nitrogen and oxygen atoms in total. The van der Waals surface area contributed by atoms with Gasteiger partial charge in [0.15, 0.2) is 0 Å². The van der Waals surface area contributed by atoms with E-state index < -0.39 is 0 Å². The zero-order valence-electron chi connectivity index (χ0n) is 7.92. The van der Waals surface area contributed by atoms with Crippen molar-refractivity contribution in [1.29, 1.82) is 0 Å². The second-order valence-corrected chi connectivity index (χ2v) is 2.64. The smallest absolute Gasteiger partial charge is 0.0616 e. The van der Waals surface area contributed by atoms with Gasteiger partial charge < -0.3 is 15.2 Å². The Morgan fingerprint density at radius 1 is 1.58 bits per heavy atom. The van der Waals surface area contributed by atoms with Crippen molar-refractivity contribution in [1.82, 2.24) is 5.32 Å². The summed E-state index contributed by atoms with van der Waals surface area (Å²) in [6, 6.07) is 0.260. The molecule has 0 aliphatic rings. The van der Waals surface area contributed by atoms with Crippen molar-refractivity contribution in [3.8, 4) is 0 Å². The summed E-state index contributed by atoms with van der Waals surface area (Å²) in [5.41, 5.74) is 0. The molecule has 0 aliphatic carbocycles. The maximum absolute atomic E-state index is 8.71. The molecule has 0 saturated heterocycles. The molecule has 0 spiro atoms. The molecule has 0 fully saturated rings. The van der Waals surface area contributed by atoms with E-state index in [2.05, 4.69) is 5.32 Å². The van der Waals surface area contributed by atoms with Crippen LogP contribution in [0, 0.1) is 0 Å². The van der Waals surface area contributed by atoms with Gasteiger partial charge in [0.05, 0.1) is 6.61 Å². The molecule has 0 radical (unpaired) electrons. The van der Waals surface area contributed by atoms with Crippen molar-refractivity contribution in [3.63, 3.8) is 0 Å². The van der Waals surface area contributed by atoms with Gasteiger partial charge in [-0.15, -0.1) is 0 Å². The van der Waals surface area contributed by atoms with Crippen molar-refractivity contribution >= 4 is 0 Å². The maximum atomic E-state index is 8.71. The third-order valence-corrected chi connectivity index (χ3v) is 1.61. The van der Waals surface area contributed by atoms with E-state index in [1.807, 2.05) is 19.1 Å². The van der Waals surface area contributed by atoms with Crippen molar-refractivity contribution < 1.29 is 9.84 Å². The third-order valence-electron chi connectivity index (χ3n) is 1.61. The first-order valence-electron chi connectivity index (χ1n) is 4.29. The van der Waals surface area contributed by atoms with Gasteiger partial charge in [-0.05, 0) is 13.3 Å². The number of hydrogen-bond acceptors (Lipinski definition) is 3. The van der Waals surface area contributed by atoms with E-state index in [1.54, 1.807) is 7.11 Å². The van der Waals surface area contributed by atoms with Crippen LogP contribution < -0.4 is 5.32 Å². The Hall–Kier alpha value is -0.380. The summed E-state index contributed by atoms with van der Waals surface area (Å²) >= 11 is 0. The molecule has 0 bridgehead atoms. The van der Waals surface area contributed by atoms with E-state index in [1.165, 1.54) is 0 Å². The first-order chi connectivity index (χ1) is 5.85. The van der Waals surface area contributed by atoms with E-state index >= 15 is 0 Å². The molecular weight excluding hydrogens is 154 g/mol. The molecule has 0 rings (SSSR count). The molecule has 0 aromatic rings. The van der Waals surface area contributed by atoms with Crippen LogP contribution in [-0.4, -0.2) is 38.0 Å². The monoisotopic (exact) mass is 173 g/mol. The Bertz CT molecular complexity index is 109. The van der Waals surface area contributed by atoms with E-state index in [9.17, 15) is 0 Å². The predicted octanol–water partition coefficient (Wildman–Crippen LogP) is 0.549. The van der Waals surface area contributed by atoms with E-state index in [-0.39, 0.29) is 12.6 Å². The van der Waals surface area contributed by atoms with Crippen LogP contribution in [-0.2, 0) is 4.74 Å².